The van der Waals surface area contributed by atoms with Crippen molar-refractivity contribution in [3.63, 3.8) is 0 Å². The minimum absolute atomic E-state index is 0.231. The van der Waals surface area contributed by atoms with E-state index in [2.05, 4.69) is 10.6 Å². The van der Waals surface area contributed by atoms with Crippen LogP contribution in [0, 0.1) is 6.92 Å². The average molecular weight is 441 g/mol. The molecule has 0 saturated carbocycles. The molecule has 9 heteroatoms. The quantitative estimate of drug-likeness (QED) is 0.693. The number of amides is 4. The van der Waals surface area contributed by atoms with E-state index in [1.807, 2.05) is 0 Å². The van der Waals surface area contributed by atoms with Gasteiger partial charge in [-0.1, -0.05) is 59.1 Å². The van der Waals surface area contributed by atoms with Crippen LogP contribution >= 0.6 is 34.8 Å². The van der Waals surface area contributed by atoms with Gasteiger partial charge in [0.25, 0.3) is 5.91 Å². The van der Waals surface area contributed by atoms with Crippen molar-refractivity contribution in [2.24, 2.45) is 0 Å². The van der Waals surface area contributed by atoms with Crippen LogP contribution < -0.4 is 10.6 Å². The van der Waals surface area contributed by atoms with E-state index < -0.39 is 29.9 Å². The second-order valence-electron chi connectivity index (χ2n) is 6.53. The number of carbonyl (C=O) groups is 3. The SMILES string of the molecule is Cc1ccc(Cl)c(NC(=O)CN2C(=O)N[C@@](C)(c3ccccc3Cl)C2=O)c1Cl. The summed E-state index contributed by atoms with van der Waals surface area (Å²) in [5, 5.41) is 6.05. The van der Waals surface area contributed by atoms with Crippen molar-refractivity contribution in [1.82, 2.24) is 10.2 Å². The number of imide groups is 1. The van der Waals surface area contributed by atoms with Gasteiger partial charge in [-0.05, 0) is 31.5 Å². The second-order valence-corrected chi connectivity index (χ2v) is 7.72. The molecule has 0 radical (unpaired) electrons. The van der Waals surface area contributed by atoms with Crippen molar-refractivity contribution in [3.8, 4) is 0 Å². The van der Waals surface area contributed by atoms with Crippen molar-refractivity contribution in [2.45, 2.75) is 19.4 Å². The summed E-state index contributed by atoms with van der Waals surface area (Å²) in [5.74, 6) is -1.19. The normalized spacial score (nSPS) is 19.0. The lowest BCUT2D eigenvalue weighted by Crippen LogP contribution is -2.42. The van der Waals surface area contributed by atoms with Crippen LogP contribution in [0.15, 0.2) is 36.4 Å². The van der Waals surface area contributed by atoms with Gasteiger partial charge in [0.2, 0.25) is 5.91 Å². The minimum Gasteiger partial charge on any atom is -0.322 e. The number of hydrogen-bond acceptors (Lipinski definition) is 3. The zero-order valence-electron chi connectivity index (χ0n) is 15.0. The minimum atomic E-state index is -1.37. The van der Waals surface area contributed by atoms with E-state index in [9.17, 15) is 14.4 Å². The number of benzene rings is 2. The Balaban J connectivity index is 1.81. The second kappa shape index (κ2) is 7.62. The molecule has 0 aromatic heterocycles. The molecule has 28 heavy (non-hydrogen) atoms. The Bertz CT molecular complexity index is 996. The maximum absolute atomic E-state index is 12.9. The molecule has 1 saturated heterocycles. The first-order valence-corrected chi connectivity index (χ1v) is 9.42. The smallest absolute Gasteiger partial charge is 0.322 e. The van der Waals surface area contributed by atoms with E-state index in [4.69, 9.17) is 34.8 Å². The Morgan fingerprint density at radius 1 is 1.11 bits per heavy atom. The van der Waals surface area contributed by atoms with Gasteiger partial charge < -0.3 is 10.6 Å². The summed E-state index contributed by atoms with van der Waals surface area (Å²) in [6, 6.07) is 9.33. The summed E-state index contributed by atoms with van der Waals surface area (Å²) in [6.45, 7) is 2.81. The van der Waals surface area contributed by atoms with Crippen LogP contribution in [0.1, 0.15) is 18.1 Å². The summed E-state index contributed by atoms with van der Waals surface area (Å²) in [5.41, 5.74) is 0.0357. The summed E-state index contributed by atoms with van der Waals surface area (Å²) in [6.07, 6.45) is 0. The molecule has 6 nitrogen and oxygen atoms in total. The van der Waals surface area contributed by atoms with Crippen molar-refractivity contribution < 1.29 is 14.4 Å². The van der Waals surface area contributed by atoms with E-state index in [-0.39, 0.29) is 10.7 Å². The first-order valence-electron chi connectivity index (χ1n) is 8.28. The first-order chi connectivity index (χ1) is 13.1. The van der Waals surface area contributed by atoms with Gasteiger partial charge >= 0.3 is 6.03 Å². The number of nitrogens with one attached hydrogen (secondary N) is 2. The van der Waals surface area contributed by atoms with Gasteiger partial charge in [-0.15, -0.1) is 0 Å². The summed E-state index contributed by atoms with van der Waals surface area (Å²) < 4.78 is 0. The topological polar surface area (TPSA) is 78.5 Å². The molecule has 0 bridgehead atoms. The highest BCUT2D eigenvalue weighted by molar-refractivity contribution is 6.40. The van der Waals surface area contributed by atoms with Gasteiger partial charge in [0.1, 0.15) is 12.1 Å². The number of hydrogen-bond donors (Lipinski definition) is 2. The molecule has 2 aromatic carbocycles. The zero-order valence-corrected chi connectivity index (χ0v) is 17.2. The molecule has 2 aromatic rings. The highest BCUT2D eigenvalue weighted by Crippen LogP contribution is 2.34. The molecule has 0 spiro atoms. The van der Waals surface area contributed by atoms with Crippen molar-refractivity contribution in [1.29, 1.82) is 0 Å². The van der Waals surface area contributed by atoms with Crippen LogP contribution in [0.5, 0.6) is 0 Å². The van der Waals surface area contributed by atoms with E-state index >= 15 is 0 Å². The first kappa shape index (κ1) is 20.5. The lowest BCUT2D eigenvalue weighted by Gasteiger charge is -2.23. The lowest BCUT2D eigenvalue weighted by molar-refractivity contribution is -0.133. The molecular formula is C19H16Cl3N3O3. The van der Waals surface area contributed by atoms with Crippen LogP contribution in [0.25, 0.3) is 0 Å². The number of urea groups is 1. The van der Waals surface area contributed by atoms with E-state index in [0.29, 0.717) is 15.6 Å². The third-order valence-electron chi connectivity index (χ3n) is 4.54. The maximum atomic E-state index is 12.9. The zero-order chi connectivity index (χ0) is 20.6. The molecule has 1 heterocycles. The number of anilines is 1. The van der Waals surface area contributed by atoms with Crippen LogP contribution in [-0.4, -0.2) is 29.3 Å². The molecule has 1 aliphatic heterocycles. The van der Waals surface area contributed by atoms with Crippen molar-refractivity contribution in [3.05, 3.63) is 62.6 Å². The number of rotatable bonds is 4. The lowest BCUT2D eigenvalue weighted by atomic mass is 9.92. The molecule has 0 aliphatic carbocycles. The van der Waals surface area contributed by atoms with Crippen LogP contribution in [0.4, 0.5) is 10.5 Å². The summed E-state index contributed by atoms with van der Waals surface area (Å²) >= 11 is 18.5. The molecule has 3 rings (SSSR count). The molecule has 146 valence electrons. The largest absolute Gasteiger partial charge is 0.325 e. The van der Waals surface area contributed by atoms with Gasteiger partial charge in [0.05, 0.1) is 15.7 Å². The highest BCUT2D eigenvalue weighted by Gasteiger charge is 2.50. The van der Waals surface area contributed by atoms with E-state index in [1.54, 1.807) is 50.2 Å². The van der Waals surface area contributed by atoms with Gasteiger partial charge in [0.15, 0.2) is 0 Å². The fourth-order valence-corrected chi connectivity index (χ4v) is 3.77. The molecule has 1 fully saturated rings. The predicted molar refractivity (Wildman–Crippen MR) is 109 cm³/mol. The van der Waals surface area contributed by atoms with Crippen LogP contribution in [-0.2, 0) is 15.1 Å². The Hall–Kier alpha value is -2.28. The van der Waals surface area contributed by atoms with E-state index in [1.165, 1.54) is 0 Å². The van der Waals surface area contributed by atoms with Crippen molar-refractivity contribution >= 4 is 58.3 Å². The standard InChI is InChI=1S/C19H16Cl3N3O3/c1-10-7-8-13(21)16(15(10)22)23-14(26)9-25-17(27)19(2,24-18(25)28)11-5-3-4-6-12(11)20/h3-8H,9H2,1-2H3,(H,23,26)(H,24,28)/t19-/m0/s1. The summed E-state index contributed by atoms with van der Waals surface area (Å²) in [7, 11) is 0. The monoisotopic (exact) mass is 439 g/mol. The van der Waals surface area contributed by atoms with Gasteiger partial charge in [-0.2, -0.15) is 0 Å². The van der Waals surface area contributed by atoms with E-state index in [0.717, 1.165) is 10.5 Å². The molecule has 4 amide bonds. The Morgan fingerprint density at radius 2 is 1.79 bits per heavy atom. The Kier molecular flexibility index (Phi) is 5.57. The van der Waals surface area contributed by atoms with Crippen molar-refractivity contribution in [2.75, 3.05) is 11.9 Å². The highest BCUT2D eigenvalue weighted by atomic mass is 35.5. The maximum Gasteiger partial charge on any atom is 0.325 e. The van der Waals surface area contributed by atoms with Gasteiger partial charge in [0, 0.05) is 10.6 Å². The van der Waals surface area contributed by atoms with Gasteiger partial charge in [-0.25, -0.2) is 4.79 Å². The number of nitrogens with zero attached hydrogens (tertiary/aromatic N) is 1. The fraction of sp³-hybridized carbons (Fsp3) is 0.211. The number of halogens is 3. The fourth-order valence-electron chi connectivity index (χ4n) is 2.98. The van der Waals surface area contributed by atoms with Gasteiger partial charge in [-0.3, -0.25) is 14.5 Å². The summed E-state index contributed by atoms with van der Waals surface area (Å²) in [4.78, 5) is 38.6. The molecule has 1 atom stereocenters. The molecular weight excluding hydrogens is 425 g/mol. The molecule has 0 unspecified atom stereocenters. The Labute approximate surface area is 176 Å². The van der Waals surface area contributed by atoms with Crippen LogP contribution in [0.3, 0.4) is 0 Å². The Morgan fingerprint density at radius 3 is 2.46 bits per heavy atom. The average Bonchev–Trinajstić information content (AvgIpc) is 2.86. The third kappa shape index (κ3) is 3.55. The number of carbonyl (C=O) groups excluding carboxylic acids is 3. The molecule has 2 N–H and O–H groups in total. The number of aryl methyl sites for hydroxylation is 1. The molecule has 1 aliphatic rings. The third-order valence-corrected chi connectivity index (χ3v) is 5.67. The predicted octanol–water partition coefficient (Wildman–Crippen LogP) is 4.36. The van der Waals surface area contributed by atoms with Crippen LogP contribution in [0.2, 0.25) is 15.1 Å².